The zero-order chi connectivity index (χ0) is 14.0. The highest BCUT2D eigenvalue weighted by Gasteiger charge is 2.09. The molecule has 0 saturated carbocycles. The van der Waals surface area contributed by atoms with Crippen LogP contribution in [0.3, 0.4) is 0 Å². The summed E-state index contributed by atoms with van der Waals surface area (Å²) in [5, 5.41) is 9.04. The third kappa shape index (κ3) is 2.82. The van der Waals surface area contributed by atoms with Crippen molar-refractivity contribution in [2.24, 2.45) is 0 Å². The number of aromatic nitrogens is 1. The highest BCUT2D eigenvalue weighted by atomic mass is 16.5. The van der Waals surface area contributed by atoms with Gasteiger partial charge < -0.3 is 15.6 Å². The monoisotopic (exact) mass is 258 g/mol. The predicted octanol–water partition coefficient (Wildman–Crippen LogP) is 2.35. The quantitative estimate of drug-likeness (QED) is 0.825. The lowest BCUT2D eigenvalue weighted by atomic mass is 10.0. The van der Waals surface area contributed by atoms with Gasteiger partial charge in [0.15, 0.2) is 0 Å². The van der Waals surface area contributed by atoms with E-state index >= 15 is 0 Å². The SMILES string of the molecule is COc1cc(-c2cc(N)cc(C(=O)O)c2)cc(C)n1. The molecule has 0 amide bonds. The molecule has 1 heterocycles. The van der Waals surface area contributed by atoms with Gasteiger partial charge in [-0.2, -0.15) is 0 Å². The van der Waals surface area contributed by atoms with Gasteiger partial charge in [-0.05, 0) is 42.3 Å². The van der Waals surface area contributed by atoms with Crippen LogP contribution < -0.4 is 10.5 Å². The summed E-state index contributed by atoms with van der Waals surface area (Å²) in [6.07, 6.45) is 0. The van der Waals surface area contributed by atoms with E-state index in [4.69, 9.17) is 15.6 Å². The molecule has 2 rings (SSSR count). The fourth-order valence-electron chi connectivity index (χ4n) is 1.85. The first-order chi connectivity index (χ1) is 8.99. The van der Waals surface area contributed by atoms with Crippen LogP contribution >= 0.6 is 0 Å². The number of ether oxygens (including phenoxy) is 1. The number of methoxy groups -OCH3 is 1. The highest BCUT2D eigenvalue weighted by molar-refractivity contribution is 5.91. The lowest BCUT2D eigenvalue weighted by molar-refractivity contribution is 0.0697. The molecule has 1 aromatic heterocycles. The Morgan fingerprint density at radius 3 is 2.53 bits per heavy atom. The van der Waals surface area contributed by atoms with E-state index in [0.717, 1.165) is 16.8 Å². The number of nitrogen functional groups attached to an aromatic ring is 1. The van der Waals surface area contributed by atoms with E-state index in [1.54, 1.807) is 18.2 Å². The zero-order valence-electron chi connectivity index (χ0n) is 10.7. The lowest BCUT2D eigenvalue weighted by Crippen LogP contribution is -1.99. The average molecular weight is 258 g/mol. The van der Waals surface area contributed by atoms with Gasteiger partial charge in [-0.15, -0.1) is 0 Å². The summed E-state index contributed by atoms with van der Waals surface area (Å²) in [6, 6.07) is 8.32. The van der Waals surface area contributed by atoms with Crippen LogP contribution in [0.4, 0.5) is 5.69 Å². The van der Waals surface area contributed by atoms with Crippen molar-refractivity contribution in [3.8, 4) is 17.0 Å². The second-order valence-electron chi connectivity index (χ2n) is 4.19. The number of aromatic carboxylic acids is 1. The minimum atomic E-state index is -1.01. The Balaban J connectivity index is 2.58. The molecule has 1 aromatic carbocycles. The Morgan fingerprint density at radius 1 is 1.21 bits per heavy atom. The molecule has 19 heavy (non-hydrogen) atoms. The van der Waals surface area contributed by atoms with Gasteiger partial charge >= 0.3 is 5.97 Å². The first-order valence-corrected chi connectivity index (χ1v) is 5.66. The van der Waals surface area contributed by atoms with Crippen molar-refractivity contribution in [3.63, 3.8) is 0 Å². The summed E-state index contributed by atoms with van der Waals surface area (Å²) in [5.74, 6) is -0.527. The molecule has 0 atom stereocenters. The number of carboxylic acid groups (broad SMARTS) is 1. The molecule has 5 nitrogen and oxygen atoms in total. The molecule has 2 aromatic rings. The number of nitrogens with two attached hydrogens (primary N) is 1. The Labute approximate surface area is 110 Å². The summed E-state index contributed by atoms with van der Waals surface area (Å²) in [4.78, 5) is 15.2. The van der Waals surface area contributed by atoms with Gasteiger partial charge in [0, 0.05) is 17.4 Å². The average Bonchev–Trinajstić information content (AvgIpc) is 2.37. The number of rotatable bonds is 3. The minimum absolute atomic E-state index is 0.156. The molecule has 0 unspecified atom stereocenters. The van der Waals surface area contributed by atoms with Crippen molar-refractivity contribution in [1.82, 2.24) is 4.98 Å². The number of nitrogens with zero attached hydrogens (tertiary/aromatic N) is 1. The Bertz CT molecular complexity index is 639. The Morgan fingerprint density at radius 2 is 1.89 bits per heavy atom. The summed E-state index contributed by atoms with van der Waals surface area (Å²) in [7, 11) is 1.54. The number of carbonyl (C=O) groups is 1. The smallest absolute Gasteiger partial charge is 0.335 e. The van der Waals surface area contributed by atoms with Gasteiger partial charge in [-0.1, -0.05) is 0 Å². The molecular weight excluding hydrogens is 244 g/mol. The molecule has 98 valence electrons. The van der Waals surface area contributed by atoms with Crippen LogP contribution in [0.5, 0.6) is 5.88 Å². The van der Waals surface area contributed by atoms with Crippen LogP contribution in [0.15, 0.2) is 30.3 Å². The number of pyridine rings is 1. The topological polar surface area (TPSA) is 85.4 Å². The zero-order valence-corrected chi connectivity index (χ0v) is 10.7. The first-order valence-electron chi connectivity index (χ1n) is 5.66. The summed E-state index contributed by atoms with van der Waals surface area (Å²) < 4.78 is 5.11. The van der Waals surface area contributed by atoms with Crippen LogP contribution in [0.1, 0.15) is 16.1 Å². The molecule has 0 aliphatic heterocycles. The van der Waals surface area contributed by atoms with Crippen LogP contribution in [0, 0.1) is 6.92 Å². The molecule has 5 heteroatoms. The number of aryl methyl sites for hydroxylation is 1. The second kappa shape index (κ2) is 4.97. The van der Waals surface area contributed by atoms with Gasteiger partial charge in [0.25, 0.3) is 0 Å². The number of carboxylic acids is 1. The van der Waals surface area contributed by atoms with Gasteiger partial charge in [0.2, 0.25) is 5.88 Å². The second-order valence-corrected chi connectivity index (χ2v) is 4.19. The molecule has 0 aliphatic rings. The lowest BCUT2D eigenvalue weighted by Gasteiger charge is -2.08. The largest absolute Gasteiger partial charge is 0.481 e. The van der Waals surface area contributed by atoms with E-state index in [2.05, 4.69) is 4.98 Å². The fraction of sp³-hybridized carbons (Fsp3) is 0.143. The van der Waals surface area contributed by atoms with Crippen LogP contribution in [-0.2, 0) is 0 Å². The normalized spacial score (nSPS) is 10.2. The molecular formula is C14H14N2O3. The van der Waals surface area contributed by atoms with E-state index in [1.807, 2.05) is 13.0 Å². The standard InChI is InChI=1S/C14H14N2O3/c1-8-3-9(7-13(16-8)19-2)10-4-11(14(17)18)6-12(15)5-10/h3-7H,15H2,1-2H3,(H,17,18). The fourth-order valence-corrected chi connectivity index (χ4v) is 1.85. The molecule has 0 saturated heterocycles. The van der Waals surface area contributed by atoms with E-state index in [1.165, 1.54) is 13.2 Å². The van der Waals surface area contributed by atoms with E-state index in [9.17, 15) is 4.79 Å². The van der Waals surface area contributed by atoms with E-state index in [-0.39, 0.29) is 5.56 Å². The van der Waals surface area contributed by atoms with Gasteiger partial charge in [-0.25, -0.2) is 9.78 Å². The molecule has 0 bridgehead atoms. The Hall–Kier alpha value is -2.56. The highest BCUT2D eigenvalue weighted by Crippen LogP contribution is 2.26. The van der Waals surface area contributed by atoms with Crippen LogP contribution in [0.2, 0.25) is 0 Å². The van der Waals surface area contributed by atoms with Gasteiger partial charge in [0.1, 0.15) is 0 Å². The number of benzene rings is 1. The van der Waals surface area contributed by atoms with Crippen molar-refractivity contribution < 1.29 is 14.6 Å². The number of anilines is 1. The van der Waals surface area contributed by atoms with Crippen molar-refractivity contribution in [2.45, 2.75) is 6.92 Å². The van der Waals surface area contributed by atoms with Crippen molar-refractivity contribution in [2.75, 3.05) is 12.8 Å². The third-order valence-corrected chi connectivity index (χ3v) is 2.67. The molecule has 0 radical (unpaired) electrons. The maximum absolute atomic E-state index is 11.0. The van der Waals surface area contributed by atoms with Gasteiger partial charge in [-0.3, -0.25) is 0 Å². The summed E-state index contributed by atoms with van der Waals surface area (Å²) >= 11 is 0. The van der Waals surface area contributed by atoms with Gasteiger partial charge in [0.05, 0.1) is 12.7 Å². The first kappa shape index (κ1) is 12.9. The maximum atomic E-state index is 11.0. The predicted molar refractivity (Wildman–Crippen MR) is 72.3 cm³/mol. The number of hydrogen-bond acceptors (Lipinski definition) is 4. The van der Waals surface area contributed by atoms with Crippen LogP contribution in [-0.4, -0.2) is 23.2 Å². The van der Waals surface area contributed by atoms with Crippen LogP contribution in [0.25, 0.3) is 11.1 Å². The van der Waals surface area contributed by atoms with E-state index in [0.29, 0.717) is 11.6 Å². The molecule has 3 N–H and O–H groups in total. The van der Waals surface area contributed by atoms with Crippen molar-refractivity contribution >= 4 is 11.7 Å². The summed E-state index contributed by atoms with van der Waals surface area (Å²) in [5.41, 5.74) is 8.62. The van der Waals surface area contributed by atoms with Crippen molar-refractivity contribution in [3.05, 3.63) is 41.6 Å². The minimum Gasteiger partial charge on any atom is -0.481 e. The maximum Gasteiger partial charge on any atom is 0.335 e. The van der Waals surface area contributed by atoms with Crippen molar-refractivity contribution in [1.29, 1.82) is 0 Å². The number of hydrogen-bond donors (Lipinski definition) is 2. The van der Waals surface area contributed by atoms with E-state index < -0.39 is 5.97 Å². The Kier molecular flexibility index (Phi) is 3.37. The summed E-state index contributed by atoms with van der Waals surface area (Å²) in [6.45, 7) is 1.84. The molecule has 0 aliphatic carbocycles. The third-order valence-electron chi connectivity index (χ3n) is 2.67. The molecule has 0 spiro atoms. The molecule has 0 fully saturated rings.